The highest BCUT2D eigenvalue weighted by Crippen LogP contribution is 2.17. The molecule has 0 bridgehead atoms. The molecule has 0 aromatic rings. The molecule has 22 heavy (non-hydrogen) atoms. The maximum absolute atomic E-state index is 2.44. The third-order valence-electron chi connectivity index (χ3n) is 4.64. The van der Waals surface area contributed by atoms with Gasteiger partial charge in [-0.15, -0.1) is 0 Å². The fourth-order valence-electron chi connectivity index (χ4n) is 2.94. The van der Waals surface area contributed by atoms with E-state index in [2.05, 4.69) is 52.0 Å². The normalized spacial score (nSPS) is 14.9. The van der Waals surface area contributed by atoms with Gasteiger partial charge in [0.1, 0.15) is 0 Å². The molecule has 0 heteroatoms. The Balaban J connectivity index is 3.41. The Morgan fingerprint density at radius 2 is 1.41 bits per heavy atom. The van der Waals surface area contributed by atoms with Crippen LogP contribution in [-0.4, -0.2) is 0 Å². The van der Waals surface area contributed by atoms with Gasteiger partial charge in [-0.3, -0.25) is 0 Å². The highest BCUT2D eigenvalue weighted by atomic mass is 14.1. The Morgan fingerprint density at radius 1 is 0.682 bits per heavy atom. The van der Waals surface area contributed by atoms with Crippen LogP contribution >= 0.6 is 0 Å². The van der Waals surface area contributed by atoms with E-state index in [0.717, 1.165) is 11.8 Å². The summed E-state index contributed by atoms with van der Waals surface area (Å²) in [7, 11) is 0. The van der Waals surface area contributed by atoms with Gasteiger partial charge < -0.3 is 0 Å². The van der Waals surface area contributed by atoms with Crippen LogP contribution in [0.1, 0.15) is 105 Å². The van der Waals surface area contributed by atoms with Crippen molar-refractivity contribution in [2.75, 3.05) is 0 Å². The summed E-state index contributed by atoms with van der Waals surface area (Å²) in [6, 6.07) is 0. The van der Waals surface area contributed by atoms with Crippen molar-refractivity contribution in [2.45, 2.75) is 105 Å². The molecule has 0 saturated heterocycles. The minimum absolute atomic E-state index is 0.828. The number of hydrogen-bond acceptors (Lipinski definition) is 0. The van der Waals surface area contributed by atoms with E-state index in [1.54, 1.807) is 0 Å². The van der Waals surface area contributed by atoms with Crippen molar-refractivity contribution < 1.29 is 0 Å². The highest BCUT2D eigenvalue weighted by molar-refractivity contribution is 4.84. The second kappa shape index (κ2) is 16.8. The molecular weight excluding hydrogens is 264 g/mol. The molecule has 130 valence electrons. The summed E-state index contributed by atoms with van der Waals surface area (Å²) < 4.78 is 0. The summed E-state index contributed by atoms with van der Waals surface area (Å²) in [5.74, 6) is 1.75. The second-order valence-electron chi connectivity index (χ2n) is 7.20. The van der Waals surface area contributed by atoms with E-state index >= 15 is 0 Å². The summed E-state index contributed by atoms with van der Waals surface area (Å²) in [5.41, 5.74) is 0. The molecule has 0 aliphatic carbocycles. The average molecular weight is 307 g/mol. The van der Waals surface area contributed by atoms with Crippen molar-refractivity contribution in [3.63, 3.8) is 0 Å². The average Bonchev–Trinajstić information content (AvgIpc) is 2.50. The van der Waals surface area contributed by atoms with Gasteiger partial charge in [-0.2, -0.15) is 0 Å². The molecule has 0 radical (unpaired) electrons. The van der Waals surface area contributed by atoms with E-state index < -0.39 is 0 Å². The third kappa shape index (κ3) is 15.9. The molecule has 2 atom stereocenters. The van der Waals surface area contributed by atoms with E-state index in [9.17, 15) is 0 Å². The predicted molar refractivity (Wildman–Crippen MR) is 103 cm³/mol. The van der Waals surface area contributed by atoms with E-state index in [1.165, 1.54) is 77.0 Å². The Morgan fingerprint density at radius 3 is 2.14 bits per heavy atom. The van der Waals surface area contributed by atoms with E-state index in [-0.39, 0.29) is 0 Å². The van der Waals surface area contributed by atoms with Crippen molar-refractivity contribution in [1.82, 2.24) is 0 Å². The Labute approximate surface area is 141 Å². The van der Waals surface area contributed by atoms with Gasteiger partial charge in [-0.1, -0.05) is 90.0 Å². The van der Waals surface area contributed by atoms with Crippen molar-refractivity contribution in [1.29, 1.82) is 0 Å². The minimum Gasteiger partial charge on any atom is -0.0917 e. The maximum atomic E-state index is 2.44. The quantitative estimate of drug-likeness (QED) is 0.212. The van der Waals surface area contributed by atoms with Crippen LogP contribution in [0, 0.1) is 11.8 Å². The van der Waals surface area contributed by atoms with Gasteiger partial charge in [-0.05, 0) is 50.9 Å². The van der Waals surface area contributed by atoms with E-state index in [1.807, 2.05) is 0 Å². The Hall–Kier alpha value is -0.520. The van der Waals surface area contributed by atoms with Crippen LogP contribution in [-0.2, 0) is 0 Å². The lowest BCUT2D eigenvalue weighted by Gasteiger charge is -2.10. The third-order valence-corrected chi connectivity index (χ3v) is 4.64. The number of rotatable bonds is 15. The monoisotopic (exact) mass is 306 g/mol. The molecule has 0 aliphatic heterocycles. The van der Waals surface area contributed by atoms with E-state index in [4.69, 9.17) is 0 Å². The van der Waals surface area contributed by atoms with Crippen LogP contribution in [0.2, 0.25) is 0 Å². The second-order valence-corrected chi connectivity index (χ2v) is 7.20. The molecule has 0 fully saturated rings. The van der Waals surface area contributed by atoms with Gasteiger partial charge in [0.15, 0.2) is 0 Å². The fourth-order valence-corrected chi connectivity index (χ4v) is 2.94. The molecule has 0 N–H and O–H groups in total. The predicted octanol–water partition coefficient (Wildman–Crippen LogP) is 8.09. The largest absolute Gasteiger partial charge is 0.0917 e. The molecule has 0 aliphatic rings. The summed E-state index contributed by atoms with van der Waals surface area (Å²) in [6.07, 6.45) is 25.7. The van der Waals surface area contributed by atoms with Crippen molar-refractivity contribution >= 4 is 0 Å². The molecular formula is C22H42. The zero-order chi connectivity index (χ0) is 16.5. The van der Waals surface area contributed by atoms with Gasteiger partial charge in [0.05, 0.1) is 0 Å². The first-order chi connectivity index (χ1) is 10.7. The Kier molecular flexibility index (Phi) is 16.4. The van der Waals surface area contributed by atoms with Crippen molar-refractivity contribution in [2.24, 2.45) is 11.8 Å². The minimum atomic E-state index is 0.828. The van der Waals surface area contributed by atoms with E-state index in [0.29, 0.717) is 0 Å². The lowest BCUT2D eigenvalue weighted by Crippen LogP contribution is -1.94. The zero-order valence-electron chi connectivity index (χ0n) is 15.9. The summed E-state index contributed by atoms with van der Waals surface area (Å²) in [6.45, 7) is 9.21. The molecule has 0 saturated carbocycles. The molecule has 0 aromatic heterocycles. The molecule has 0 aromatic carbocycles. The van der Waals surface area contributed by atoms with Gasteiger partial charge in [0.25, 0.3) is 0 Å². The van der Waals surface area contributed by atoms with Gasteiger partial charge in [0, 0.05) is 0 Å². The number of allylic oxidation sites excluding steroid dienone is 4. The lowest BCUT2D eigenvalue weighted by molar-refractivity contribution is 0.446. The lowest BCUT2D eigenvalue weighted by atomic mass is 9.96. The molecule has 2 unspecified atom stereocenters. The smallest absolute Gasteiger partial charge is 0.0325 e. The first kappa shape index (κ1) is 21.5. The summed E-state index contributed by atoms with van der Waals surface area (Å²) in [4.78, 5) is 0. The maximum Gasteiger partial charge on any atom is -0.0325 e. The van der Waals surface area contributed by atoms with Crippen LogP contribution in [0.4, 0.5) is 0 Å². The van der Waals surface area contributed by atoms with Crippen LogP contribution in [0.5, 0.6) is 0 Å². The van der Waals surface area contributed by atoms with Crippen molar-refractivity contribution in [3.05, 3.63) is 24.3 Å². The molecule has 0 rings (SSSR count). The standard InChI is InChI=1S/C22H42/c1-5-7-9-10-14-18-22(4)20-16-12-11-15-19-21(3)17-13-8-6-2/h6,8,11,15,21-22H,5,7,9-10,12-14,16-20H2,1-4H3. The zero-order valence-corrected chi connectivity index (χ0v) is 15.9. The molecule has 0 amide bonds. The SMILES string of the molecule is CC=CCCC(C)CC=CCCCC(C)CCCCCCC. The fraction of sp³-hybridized carbons (Fsp3) is 0.818. The van der Waals surface area contributed by atoms with Crippen molar-refractivity contribution in [3.8, 4) is 0 Å². The van der Waals surface area contributed by atoms with Gasteiger partial charge >= 0.3 is 0 Å². The molecule has 0 spiro atoms. The first-order valence-electron chi connectivity index (χ1n) is 9.96. The Bertz CT molecular complexity index is 261. The van der Waals surface area contributed by atoms with Crippen LogP contribution < -0.4 is 0 Å². The van der Waals surface area contributed by atoms with Gasteiger partial charge in [-0.25, -0.2) is 0 Å². The highest BCUT2D eigenvalue weighted by Gasteiger charge is 2.01. The van der Waals surface area contributed by atoms with Crippen LogP contribution in [0.3, 0.4) is 0 Å². The molecule has 0 nitrogen and oxygen atoms in total. The number of hydrogen-bond donors (Lipinski definition) is 0. The van der Waals surface area contributed by atoms with Crippen LogP contribution in [0.15, 0.2) is 24.3 Å². The van der Waals surface area contributed by atoms with Crippen LogP contribution in [0.25, 0.3) is 0 Å². The topological polar surface area (TPSA) is 0 Å². The first-order valence-corrected chi connectivity index (χ1v) is 9.96. The number of unbranched alkanes of at least 4 members (excludes halogenated alkanes) is 5. The summed E-state index contributed by atoms with van der Waals surface area (Å²) >= 11 is 0. The van der Waals surface area contributed by atoms with Gasteiger partial charge in [0.2, 0.25) is 0 Å². The summed E-state index contributed by atoms with van der Waals surface area (Å²) in [5, 5.41) is 0. The molecule has 0 heterocycles.